The molecule has 1 aliphatic heterocycles. The number of aliphatic hydroxyl groups excluding tert-OH is 1. The maximum atomic E-state index is 13.8. The number of aliphatic hydroxyl groups is 1. The van der Waals surface area contributed by atoms with Crippen molar-refractivity contribution in [1.82, 2.24) is 9.55 Å². The van der Waals surface area contributed by atoms with Crippen LogP contribution in [0.15, 0.2) is 6.07 Å². The fourth-order valence-corrected chi connectivity index (χ4v) is 3.08. The van der Waals surface area contributed by atoms with Gasteiger partial charge in [-0.3, -0.25) is 0 Å². The van der Waals surface area contributed by atoms with E-state index in [4.69, 9.17) is 12.2 Å². The number of H-pyrrole nitrogens is 1. The van der Waals surface area contributed by atoms with Crippen LogP contribution in [-0.4, -0.2) is 14.7 Å². The normalized spacial score (nSPS) is 17.3. The van der Waals surface area contributed by atoms with Crippen molar-refractivity contribution in [3.63, 3.8) is 0 Å². The molecule has 0 saturated carbocycles. The van der Waals surface area contributed by atoms with E-state index in [1.165, 1.54) is 0 Å². The van der Waals surface area contributed by atoms with Crippen LogP contribution in [0.4, 0.5) is 17.6 Å². The highest BCUT2D eigenvalue weighted by Gasteiger charge is 2.33. The number of benzene rings is 1. The Bertz CT molecular complexity index is 757. The lowest BCUT2D eigenvalue weighted by atomic mass is 9.95. The van der Waals surface area contributed by atoms with Crippen LogP contribution in [-0.2, 0) is 19.6 Å². The van der Waals surface area contributed by atoms with Gasteiger partial charge >= 0.3 is 0 Å². The van der Waals surface area contributed by atoms with E-state index in [2.05, 4.69) is 4.98 Å². The second kappa shape index (κ2) is 4.96. The molecule has 1 aromatic carbocycles. The van der Waals surface area contributed by atoms with Gasteiger partial charge in [0, 0.05) is 29.8 Å². The Balaban J connectivity index is 2.08. The first-order valence-corrected chi connectivity index (χ1v) is 6.59. The van der Waals surface area contributed by atoms with Gasteiger partial charge in [-0.2, -0.15) is 0 Å². The van der Waals surface area contributed by atoms with Gasteiger partial charge < -0.3 is 14.7 Å². The van der Waals surface area contributed by atoms with Gasteiger partial charge in [0.05, 0.1) is 12.3 Å². The van der Waals surface area contributed by atoms with Crippen LogP contribution in [0.1, 0.15) is 22.9 Å². The Morgan fingerprint density at radius 1 is 1.24 bits per heavy atom. The predicted octanol–water partition coefficient (Wildman–Crippen LogP) is 2.93. The minimum atomic E-state index is -1.42. The first kappa shape index (κ1) is 14.3. The fourth-order valence-electron chi connectivity index (χ4n) is 2.77. The number of nitrogens with one attached hydrogen (secondary N) is 1. The Hall–Kier alpha value is -1.67. The molecule has 3 rings (SSSR count). The van der Waals surface area contributed by atoms with Crippen molar-refractivity contribution in [2.24, 2.45) is 0 Å². The molecule has 2 aromatic rings. The highest BCUT2D eigenvalue weighted by molar-refractivity contribution is 7.71. The maximum absolute atomic E-state index is 13.8. The van der Waals surface area contributed by atoms with Gasteiger partial charge in [-0.05, 0) is 18.6 Å². The van der Waals surface area contributed by atoms with Crippen molar-refractivity contribution in [1.29, 1.82) is 0 Å². The number of imidazole rings is 1. The molecule has 0 radical (unpaired) electrons. The SMILES string of the molecule is OCc1[nH]c(=S)n2c1C[C@@H](c1c(F)c(F)cc(F)c1F)C2. The summed E-state index contributed by atoms with van der Waals surface area (Å²) in [5.74, 6) is -6.39. The third-order valence-electron chi connectivity index (χ3n) is 3.73. The van der Waals surface area contributed by atoms with Gasteiger partial charge in [-0.1, -0.05) is 0 Å². The molecule has 21 heavy (non-hydrogen) atoms. The molecular weight excluding hydrogens is 308 g/mol. The average Bonchev–Trinajstić information content (AvgIpc) is 2.98. The van der Waals surface area contributed by atoms with Gasteiger partial charge in [0.25, 0.3) is 0 Å². The van der Waals surface area contributed by atoms with E-state index in [0.717, 1.165) is 0 Å². The molecular formula is C13H10F4N2OS. The predicted molar refractivity (Wildman–Crippen MR) is 68.3 cm³/mol. The fraction of sp³-hybridized carbons (Fsp3) is 0.308. The summed E-state index contributed by atoms with van der Waals surface area (Å²) in [5, 5.41) is 9.21. The molecule has 0 unspecified atom stereocenters. The van der Waals surface area contributed by atoms with Crippen LogP contribution >= 0.6 is 12.2 Å². The van der Waals surface area contributed by atoms with Crippen molar-refractivity contribution < 1.29 is 22.7 Å². The number of hydrogen-bond acceptors (Lipinski definition) is 2. The summed E-state index contributed by atoms with van der Waals surface area (Å²) in [6, 6.07) is 0.189. The Labute approximate surface area is 121 Å². The summed E-state index contributed by atoms with van der Waals surface area (Å²) in [7, 11) is 0. The van der Waals surface area contributed by atoms with Gasteiger partial charge in [0.15, 0.2) is 28.0 Å². The number of rotatable bonds is 2. The highest BCUT2D eigenvalue weighted by atomic mass is 32.1. The van der Waals surface area contributed by atoms with Crippen molar-refractivity contribution in [2.45, 2.75) is 25.5 Å². The van der Waals surface area contributed by atoms with Crippen LogP contribution in [0, 0.1) is 28.0 Å². The van der Waals surface area contributed by atoms with E-state index in [1.54, 1.807) is 4.57 Å². The van der Waals surface area contributed by atoms with Crippen LogP contribution < -0.4 is 0 Å². The number of halogens is 4. The number of nitrogens with zero attached hydrogens (tertiary/aromatic N) is 1. The van der Waals surface area contributed by atoms with Gasteiger partial charge in [-0.15, -0.1) is 0 Å². The molecule has 2 heterocycles. The topological polar surface area (TPSA) is 40.9 Å². The molecule has 1 atom stereocenters. The summed E-state index contributed by atoms with van der Waals surface area (Å²) >= 11 is 5.05. The molecule has 0 amide bonds. The Morgan fingerprint density at radius 2 is 1.86 bits per heavy atom. The van der Waals surface area contributed by atoms with Crippen LogP contribution in [0.2, 0.25) is 0 Å². The Kier molecular flexibility index (Phi) is 3.37. The van der Waals surface area contributed by atoms with Crippen molar-refractivity contribution >= 4 is 12.2 Å². The minimum Gasteiger partial charge on any atom is -0.390 e. The quantitative estimate of drug-likeness (QED) is 0.508. The lowest BCUT2D eigenvalue weighted by molar-refractivity contribution is 0.276. The zero-order valence-corrected chi connectivity index (χ0v) is 11.4. The van der Waals surface area contributed by atoms with Gasteiger partial charge in [0.2, 0.25) is 0 Å². The molecule has 0 spiro atoms. The number of fused-ring (bicyclic) bond motifs is 1. The summed E-state index contributed by atoms with van der Waals surface area (Å²) < 4.78 is 56.1. The van der Waals surface area contributed by atoms with E-state index in [9.17, 15) is 22.7 Å². The van der Waals surface area contributed by atoms with E-state index in [0.29, 0.717) is 16.2 Å². The van der Waals surface area contributed by atoms with E-state index in [1.807, 2.05) is 0 Å². The number of hydrogen-bond donors (Lipinski definition) is 2. The van der Waals surface area contributed by atoms with Crippen LogP contribution in [0.3, 0.4) is 0 Å². The van der Waals surface area contributed by atoms with E-state index >= 15 is 0 Å². The highest BCUT2D eigenvalue weighted by Crippen LogP contribution is 2.35. The molecule has 112 valence electrons. The summed E-state index contributed by atoms with van der Waals surface area (Å²) in [6.07, 6.45) is 0.139. The van der Waals surface area contributed by atoms with Crippen LogP contribution in [0.5, 0.6) is 0 Å². The molecule has 0 saturated heterocycles. The molecule has 2 N–H and O–H groups in total. The summed E-state index contributed by atoms with van der Waals surface area (Å²) in [5.41, 5.74) is 0.422. The lowest BCUT2D eigenvalue weighted by Crippen LogP contribution is -2.10. The van der Waals surface area contributed by atoms with Gasteiger partial charge in [0.1, 0.15) is 0 Å². The smallest absolute Gasteiger partial charge is 0.177 e. The maximum Gasteiger partial charge on any atom is 0.177 e. The minimum absolute atomic E-state index is 0.0986. The molecule has 0 bridgehead atoms. The number of aromatic amines is 1. The molecule has 0 fully saturated rings. The summed E-state index contributed by atoms with van der Waals surface area (Å²) in [4.78, 5) is 2.78. The van der Waals surface area contributed by atoms with E-state index in [-0.39, 0.29) is 25.6 Å². The molecule has 3 nitrogen and oxygen atoms in total. The third kappa shape index (κ3) is 2.09. The van der Waals surface area contributed by atoms with Crippen molar-refractivity contribution in [2.75, 3.05) is 0 Å². The first-order valence-electron chi connectivity index (χ1n) is 6.18. The van der Waals surface area contributed by atoms with Crippen molar-refractivity contribution in [3.05, 3.63) is 51.1 Å². The zero-order chi connectivity index (χ0) is 15.3. The largest absolute Gasteiger partial charge is 0.390 e. The van der Waals surface area contributed by atoms with E-state index < -0.39 is 34.8 Å². The molecule has 1 aliphatic rings. The second-order valence-corrected chi connectivity index (χ2v) is 5.29. The van der Waals surface area contributed by atoms with Crippen LogP contribution in [0.25, 0.3) is 0 Å². The lowest BCUT2D eigenvalue weighted by Gasteiger charge is -2.13. The average molecular weight is 318 g/mol. The second-order valence-electron chi connectivity index (χ2n) is 4.91. The van der Waals surface area contributed by atoms with Gasteiger partial charge in [-0.25, -0.2) is 17.6 Å². The summed E-state index contributed by atoms with van der Waals surface area (Å²) in [6.45, 7) is -0.206. The Morgan fingerprint density at radius 3 is 2.43 bits per heavy atom. The molecule has 8 heteroatoms. The van der Waals surface area contributed by atoms with Crippen molar-refractivity contribution in [3.8, 4) is 0 Å². The zero-order valence-electron chi connectivity index (χ0n) is 10.6. The molecule has 0 aliphatic carbocycles. The number of aromatic nitrogens is 2. The first-order chi connectivity index (χ1) is 9.93. The third-order valence-corrected chi connectivity index (χ3v) is 4.05. The monoisotopic (exact) mass is 318 g/mol. The standard InChI is InChI=1S/C13H10F4N2OS/c14-6-2-7(15)12(17)10(11(6)16)5-1-9-8(4-20)18-13(21)19(9)3-5/h2,5,20H,1,3-4H2,(H,18,21)/t5-/m1/s1. The molecule has 1 aromatic heterocycles.